The maximum absolute atomic E-state index is 11.8. The minimum atomic E-state index is 0.134. The van der Waals surface area contributed by atoms with Gasteiger partial charge in [-0.25, -0.2) is 0 Å². The number of aromatic amines is 1. The predicted octanol–water partition coefficient (Wildman–Crippen LogP) is 2.75. The molecular formula is C13H13NO. The maximum atomic E-state index is 11.8. The van der Waals surface area contributed by atoms with E-state index in [1.165, 1.54) is 0 Å². The van der Waals surface area contributed by atoms with Gasteiger partial charge in [0.15, 0.2) is 5.78 Å². The fraction of sp³-hybridized carbons (Fsp3) is 0.154. The summed E-state index contributed by atoms with van der Waals surface area (Å²) in [6.45, 7) is 2.03. The summed E-state index contributed by atoms with van der Waals surface area (Å²) in [7, 11) is 0. The number of rotatable bonds is 3. The first kappa shape index (κ1) is 9.71. The van der Waals surface area contributed by atoms with Gasteiger partial charge < -0.3 is 4.98 Å². The van der Waals surface area contributed by atoms with E-state index in [4.69, 9.17) is 0 Å². The van der Waals surface area contributed by atoms with Crippen LogP contribution in [0.5, 0.6) is 0 Å². The van der Waals surface area contributed by atoms with Crippen molar-refractivity contribution >= 4 is 5.78 Å². The summed E-state index contributed by atoms with van der Waals surface area (Å²) in [5.41, 5.74) is 2.94. The molecule has 0 fully saturated rings. The number of H-pyrrole nitrogens is 1. The van der Waals surface area contributed by atoms with E-state index < -0.39 is 0 Å². The molecule has 1 aromatic heterocycles. The van der Waals surface area contributed by atoms with Gasteiger partial charge in [-0.05, 0) is 30.2 Å². The monoisotopic (exact) mass is 199 g/mol. The molecule has 1 aromatic carbocycles. The first-order valence-electron chi connectivity index (χ1n) is 4.98. The van der Waals surface area contributed by atoms with Crippen LogP contribution in [0.1, 0.15) is 21.6 Å². The number of nitrogens with one attached hydrogen (secondary N) is 1. The van der Waals surface area contributed by atoms with E-state index in [0.717, 1.165) is 11.1 Å². The van der Waals surface area contributed by atoms with Crippen molar-refractivity contribution < 1.29 is 4.79 Å². The summed E-state index contributed by atoms with van der Waals surface area (Å²) >= 11 is 0. The van der Waals surface area contributed by atoms with E-state index in [1.54, 1.807) is 12.3 Å². The molecule has 0 aliphatic heterocycles. The highest BCUT2D eigenvalue weighted by atomic mass is 16.1. The number of hydrogen-bond donors (Lipinski definition) is 1. The molecular weight excluding hydrogens is 186 g/mol. The second kappa shape index (κ2) is 4.13. The third-order valence-electron chi connectivity index (χ3n) is 2.51. The fourth-order valence-electron chi connectivity index (χ4n) is 1.58. The van der Waals surface area contributed by atoms with Crippen molar-refractivity contribution in [3.63, 3.8) is 0 Å². The summed E-state index contributed by atoms with van der Waals surface area (Å²) in [6.07, 6.45) is 2.23. The number of carbonyl (C=O) groups excluding carboxylic acids is 1. The van der Waals surface area contributed by atoms with Crippen LogP contribution in [0.15, 0.2) is 42.6 Å². The van der Waals surface area contributed by atoms with Gasteiger partial charge in [0.2, 0.25) is 0 Å². The Kier molecular flexibility index (Phi) is 2.68. The van der Waals surface area contributed by atoms with E-state index in [9.17, 15) is 4.79 Å². The van der Waals surface area contributed by atoms with Crippen LogP contribution in [0.25, 0.3) is 0 Å². The summed E-state index contributed by atoms with van der Waals surface area (Å²) in [6, 6.07) is 11.6. The van der Waals surface area contributed by atoms with E-state index >= 15 is 0 Å². The highest BCUT2D eigenvalue weighted by molar-refractivity contribution is 5.95. The Labute approximate surface area is 89.0 Å². The van der Waals surface area contributed by atoms with Gasteiger partial charge in [0.05, 0.1) is 5.69 Å². The zero-order valence-electron chi connectivity index (χ0n) is 8.66. The Bertz CT molecular complexity index is 457. The number of hydrogen-bond acceptors (Lipinski definition) is 1. The second-order valence-electron chi connectivity index (χ2n) is 3.61. The highest BCUT2D eigenvalue weighted by Gasteiger charge is 2.08. The normalized spacial score (nSPS) is 10.2. The molecule has 1 heterocycles. The molecule has 2 heteroatoms. The van der Waals surface area contributed by atoms with E-state index in [1.807, 2.05) is 37.3 Å². The van der Waals surface area contributed by atoms with E-state index in [2.05, 4.69) is 4.98 Å². The third-order valence-corrected chi connectivity index (χ3v) is 2.51. The van der Waals surface area contributed by atoms with Crippen LogP contribution < -0.4 is 0 Å². The van der Waals surface area contributed by atoms with Crippen LogP contribution >= 0.6 is 0 Å². The molecule has 2 nitrogen and oxygen atoms in total. The average molecular weight is 199 g/mol. The summed E-state index contributed by atoms with van der Waals surface area (Å²) in [5.74, 6) is 0.134. The molecule has 0 spiro atoms. The molecule has 0 radical (unpaired) electrons. The quantitative estimate of drug-likeness (QED) is 0.757. The molecule has 0 atom stereocenters. The Hall–Kier alpha value is -1.83. The van der Waals surface area contributed by atoms with Crippen molar-refractivity contribution in [3.05, 3.63) is 59.4 Å². The SMILES string of the molecule is Cc1ccccc1CC(=O)c1ccc[nH]1. The van der Waals surface area contributed by atoms with Gasteiger partial charge in [0.1, 0.15) is 0 Å². The standard InChI is InChI=1S/C13H13NO/c1-10-5-2-3-6-11(10)9-13(15)12-7-4-8-14-12/h2-8,14H,9H2,1H3. The van der Waals surface area contributed by atoms with Crippen LogP contribution in [-0.4, -0.2) is 10.8 Å². The van der Waals surface area contributed by atoms with Gasteiger partial charge in [-0.15, -0.1) is 0 Å². The van der Waals surface area contributed by atoms with Gasteiger partial charge >= 0.3 is 0 Å². The fourth-order valence-corrected chi connectivity index (χ4v) is 1.58. The lowest BCUT2D eigenvalue weighted by Gasteiger charge is -2.03. The molecule has 1 N–H and O–H groups in total. The molecule has 0 saturated carbocycles. The van der Waals surface area contributed by atoms with Gasteiger partial charge in [-0.2, -0.15) is 0 Å². The summed E-state index contributed by atoms with van der Waals surface area (Å²) in [4.78, 5) is 14.7. The molecule has 2 aromatic rings. The molecule has 0 bridgehead atoms. The number of ketones is 1. The van der Waals surface area contributed by atoms with Crippen molar-refractivity contribution in [1.82, 2.24) is 4.98 Å². The van der Waals surface area contributed by atoms with Gasteiger partial charge in [0, 0.05) is 12.6 Å². The Morgan fingerprint density at radius 3 is 2.67 bits per heavy atom. The van der Waals surface area contributed by atoms with Crippen molar-refractivity contribution in [1.29, 1.82) is 0 Å². The van der Waals surface area contributed by atoms with Crippen LogP contribution in [0, 0.1) is 6.92 Å². The Morgan fingerprint density at radius 1 is 1.20 bits per heavy atom. The summed E-state index contributed by atoms with van der Waals surface area (Å²) in [5, 5.41) is 0. The van der Waals surface area contributed by atoms with Gasteiger partial charge in [-0.1, -0.05) is 24.3 Å². The lowest BCUT2D eigenvalue weighted by atomic mass is 10.0. The smallest absolute Gasteiger partial charge is 0.183 e. The minimum absolute atomic E-state index is 0.134. The van der Waals surface area contributed by atoms with E-state index in [-0.39, 0.29) is 5.78 Å². The van der Waals surface area contributed by atoms with Crippen molar-refractivity contribution in [2.24, 2.45) is 0 Å². The number of benzene rings is 1. The van der Waals surface area contributed by atoms with Crippen LogP contribution in [0.3, 0.4) is 0 Å². The molecule has 0 unspecified atom stereocenters. The Morgan fingerprint density at radius 2 is 2.00 bits per heavy atom. The van der Waals surface area contributed by atoms with Gasteiger partial charge in [-0.3, -0.25) is 4.79 Å². The molecule has 0 amide bonds. The van der Waals surface area contributed by atoms with Crippen molar-refractivity contribution in [2.75, 3.05) is 0 Å². The molecule has 2 rings (SSSR count). The predicted molar refractivity (Wildman–Crippen MR) is 60.0 cm³/mol. The average Bonchev–Trinajstić information content (AvgIpc) is 2.74. The minimum Gasteiger partial charge on any atom is -0.359 e. The molecule has 0 aliphatic carbocycles. The zero-order valence-corrected chi connectivity index (χ0v) is 8.66. The molecule has 0 saturated heterocycles. The first-order chi connectivity index (χ1) is 7.27. The van der Waals surface area contributed by atoms with Crippen molar-refractivity contribution in [3.8, 4) is 0 Å². The van der Waals surface area contributed by atoms with Crippen molar-refractivity contribution in [2.45, 2.75) is 13.3 Å². The second-order valence-corrected chi connectivity index (χ2v) is 3.61. The van der Waals surface area contributed by atoms with Crippen LogP contribution in [0.2, 0.25) is 0 Å². The molecule has 15 heavy (non-hydrogen) atoms. The van der Waals surface area contributed by atoms with Crippen LogP contribution in [0.4, 0.5) is 0 Å². The number of aryl methyl sites for hydroxylation is 1. The maximum Gasteiger partial charge on any atom is 0.183 e. The number of Topliss-reactive ketones (excluding diaryl/α,β-unsaturated/α-hetero) is 1. The van der Waals surface area contributed by atoms with Gasteiger partial charge in [0.25, 0.3) is 0 Å². The zero-order chi connectivity index (χ0) is 10.7. The van der Waals surface area contributed by atoms with Crippen LogP contribution in [-0.2, 0) is 6.42 Å². The number of carbonyl (C=O) groups is 1. The Balaban J connectivity index is 2.17. The summed E-state index contributed by atoms with van der Waals surface area (Å²) < 4.78 is 0. The van der Waals surface area contributed by atoms with E-state index in [0.29, 0.717) is 12.1 Å². The molecule has 76 valence electrons. The largest absolute Gasteiger partial charge is 0.359 e. The third kappa shape index (κ3) is 2.15. The number of aromatic nitrogens is 1. The lowest BCUT2D eigenvalue weighted by molar-refractivity contribution is 0.0988. The topological polar surface area (TPSA) is 32.9 Å². The first-order valence-corrected chi connectivity index (χ1v) is 4.98. The lowest BCUT2D eigenvalue weighted by Crippen LogP contribution is -2.04. The molecule has 0 aliphatic rings. The highest BCUT2D eigenvalue weighted by Crippen LogP contribution is 2.10.